The Bertz CT molecular complexity index is 532. The monoisotopic (exact) mass is 263 g/mol. The maximum Gasteiger partial charge on any atom is 0.210 e. The first kappa shape index (κ1) is 11.5. The third kappa shape index (κ3) is 2.07. The van der Waals surface area contributed by atoms with Crippen LogP contribution >= 0.6 is 11.6 Å². The molecule has 5 nitrogen and oxygen atoms in total. The lowest BCUT2D eigenvalue weighted by Gasteiger charge is -2.27. The third-order valence-electron chi connectivity index (χ3n) is 3.13. The molecule has 2 aliphatic rings. The number of guanidine groups is 1. The molecule has 1 aliphatic heterocycles. The first-order valence-corrected chi connectivity index (χ1v) is 6.22. The molecular formula is C12H14ClN5. The van der Waals surface area contributed by atoms with E-state index in [9.17, 15) is 0 Å². The van der Waals surface area contributed by atoms with Gasteiger partial charge in [-0.2, -0.15) is 0 Å². The summed E-state index contributed by atoms with van der Waals surface area (Å²) in [6, 6.07) is 7.36. The van der Waals surface area contributed by atoms with Crippen LogP contribution in [0.15, 0.2) is 34.3 Å². The van der Waals surface area contributed by atoms with E-state index < -0.39 is 5.79 Å². The molecule has 1 heterocycles. The van der Waals surface area contributed by atoms with Crippen LogP contribution in [0, 0.1) is 5.92 Å². The molecule has 1 atom stereocenters. The van der Waals surface area contributed by atoms with Crippen molar-refractivity contribution in [3.8, 4) is 0 Å². The second-order valence-electron chi connectivity index (χ2n) is 4.65. The van der Waals surface area contributed by atoms with Gasteiger partial charge in [0, 0.05) is 16.5 Å². The predicted octanol–water partition coefficient (Wildman–Crippen LogP) is 1.03. The summed E-state index contributed by atoms with van der Waals surface area (Å²) >= 11 is 5.86. The van der Waals surface area contributed by atoms with Crippen molar-refractivity contribution in [2.45, 2.75) is 18.6 Å². The molecule has 94 valence electrons. The SMILES string of the molecule is NC1=NC(N)(C2CC2)N=C(c2ccc(Cl)cc2)N1. The van der Waals surface area contributed by atoms with E-state index in [-0.39, 0.29) is 0 Å². The van der Waals surface area contributed by atoms with Crippen molar-refractivity contribution in [1.29, 1.82) is 0 Å². The zero-order valence-electron chi connectivity index (χ0n) is 9.73. The number of benzene rings is 1. The van der Waals surface area contributed by atoms with Gasteiger partial charge in [0.15, 0.2) is 5.96 Å². The van der Waals surface area contributed by atoms with Crippen LogP contribution in [-0.2, 0) is 0 Å². The number of aliphatic imine (C=N–C) groups is 2. The molecule has 0 amide bonds. The Hall–Kier alpha value is -1.59. The standard InChI is InChI=1S/C12H14ClN5/c13-9-5-1-7(2-6-9)10-16-11(14)18-12(15,17-10)8-3-4-8/h1-2,5-6,8H,3-4,15H2,(H3,14,16,17,18). The zero-order valence-corrected chi connectivity index (χ0v) is 10.5. The maximum absolute atomic E-state index is 6.19. The van der Waals surface area contributed by atoms with Gasteiger partial charge in [-0.3, -0.25) is 5.73 Å². The van der Waals surface area contributed by atoms with Gasteiger partial charge in [0.05, 0.1) is 0 Å². The molecule has 0 aromatic heterocycles. The Morgan fingerprint density at radius 1 is 1.22 bits per heavy atom. The number of hydrogen-bond acceptors (Lipinski definition) is 5. The summed E-state index contributed by atoms with van der Waals surface area (Å²) in [4.78, 5) is 8.72. The second kappa shape index (κ2) is 3.96. The minimum atomic E-state index is -0.912. The highest BCUT2D eigenvalue weighted by molar-refractivity contribution is 6.30. The summed E-state index contributed by atoms with van der Waals surface area (Å²) in [7, 11) is 0. The highest BCUT2D eigenvalue weighted by Gasteiger charge is 2.44. The normalized spacial score (nSPS) is 27.2. The minimum absolute atomic E-state index is 0.292. The molecule has 0 saturated heterocycles. The quantitative estimate of drug-likeness (QED) is 0.744. The Kier molecular flexibility index (Phi) is 2.53. The van der Waals surface area contributed by atoms with Gasteiger partial charge in [0.2, 0.25) is 5.79 Å². The van der Waals surface area contributed by atoms with Crippen LogP contribution in [-0.4, -0.2) is 17.6 Å². The number of amidine groups is 1. The number of nitrogens with one attached hydrogen (secondary N) is 1. The van der Waals surface area contributed by atoms with E-state index in [1.165, 1.54) is 0 Å². The van der Waals surface area contributed by atoms with Gasteiger partial charge in [-0.1, -0.05) is 11.6 Å². The number of nitrogens with two attached hydrogens (primary N) is 2. The van der Waals surface area contributed by atoms with Crippen LogP contribution in [0.25, 0.3) is 0 Å². The smallest absolute Gasteiger partial charge is 0.210 e. The van der Waals surface area contributed by atoms with E-state index in [0.29, 0.717) is 22.7 Å². The summed E-state index contributed by atoms with van der Waals surface area (Å²) in [5.74, 6) is 0.336. The summed E-state index contributed by atoms with van der Waals surface area (Å²) in [6.45, 7) is 0. The summed E-state index contributed by atoms with van der Waals surface area (Å²) in [6.07, 6.45) is 2.09. The van der Waals surface area contributed by atoms with Crippen LogP contribution in [0.3, 0.4) is 0 Å². The molecule has 0 spiro atoms. The molecule has 18 heavy (non-hydrogen) atoms. The van der Waals surface area contributed by atoms with Crippen molar-refractivity contribution in [2.24, 2.45) is 27.4 Å². The number of nitrogens with zero attached hydrogens (tertiary/aromatic N) is 2. The highest BCUT2D eigenvalue weighted by Crippen LogP contribution is 2.40. The molecule has 0 radical (unpaired) electrons. The van der Waals surface area contributed by atoms with Crippen LogP contribution in [0.1, 0.15) is 18.4 Å². The van der Waals surface area contributed by atoms with Gasteiger partial charge in [-0.25, -0.2) is 9.98 Å². The topological polar surface area (TPSA) is 88.8 Å². The maximum atomic E-state index is 6.19. The van der Waals surface area contributed by atoms with Crippen molar-refractivity contribution in [1.82, 2.24) is 5.32 Å². The molecule has 6 heteroatoms. The lowest BCUT2D eigenvalue weighted by Crippen LogP contribution is -2.51. The van der Waals surface area contributed by atoms with E-state index in [0.717, 1.165) is 18.4 Å². The zero-order chi connectivity index (χ0) is 12.8. The Morgan fingerprint density at radius 3 is 2.50 bits per heavy atom. The van der Waals surface area contributed by atoms with E-state index >= 15 is 0 Å². The molecule has 1 fully saturated rings. The van der Waals surface area contributed by atoms with Crippen molar-refractivity contribution >= 4 is 23.4 Å². The molecule has 3 rings (SSSR count). The van der Waals surface area contributed by atoms with E-state index in [1.54, 1.807) is 12.1 Å². The molecular weight excluding hydrogens is 250 g/mol. The van der Waals surface area contributed by atoms with Gasteiger partial charge >= 0.3 is 0 Å². The molecule has 1 aromatic rings. The van der Waals surface area contributed by atoms with Crippen molar-refractivity contribution in [3.05, 3.63) is 34.9 Å². The van der Waals surface area contributed by atoms with E-state index in [4.69, 9.17) is 23.1 Å². The molecule has 1 unspecified atom stereocenters. The average molecular weight is 264 g/mol. The second-order valence-corrected chi connectivity index (χ2v) is 5.08. The Morgan fingerprint density at radius 2 is 1.89 bits per heavy atom. The number of halogens is 1. The van der Waals surface area contributed by atoms with Crippen LogP contribution in [0.2, 0.25) is 5.02 Å². The van der Waals surface area contributed by atoms with Gasteiger partial charge in [-0.15, -0.1) is 0 Å². The van der Waals surface area contributed by atoms with Crippen molar-refractivity contribution in [3.63, 3.8) is 0 Å². The minimum Gasteiger partial charge on any atom is -0.370 e. The van der Waals surface area contributed by atoms with E-state index in [2.05, 4.69) is 15.3 Å². The summed E-state index contributed by atoms with van der Waals surface area (Å²) in [5, 5.41) is 3.62. The largest absolute Gasteiger partial charge is 0.370 e. The van der Waals surface area contributed by atoms with Crippen molar-refractivity contribution in [2.75, 3.05) is 0 Å². The van der Waals surface area contributed by atoms with Crippen LogP contribution in [0.5, 0.6) is 0 Å². The van der Waals surface area contributed by atoms with Gasteiger partial charge in [-0.05, 0) is 37.1 Å². The Balaban J connectivity index is 1.97. The Labute approximate surface area is 110 Å². The molecule has 1 aromatic carbocycles. The fourth-order valence-corrected chi connectivity index (χ4v) is 2.14. The van der Waals surface area contributed by atoms with Gasteiger partial charge < -0.3 is 11.1 Å². The number of rotatable bonds is 2. The fraction of sp³-hybridized carbons (Fsp3) is 0.333. The van der Waals surface area contributed by atoms with Crippen LogP contribution < -0.4 is 16.8 Å². The molecule has 5 N–H and O–H groups in total. The van der Waals surface area contributed by atoms with Crippen molar-refractivity contribution < 1.29 is 0 Å². The first-order chi connectivity index (χ1) is 8.57. The highest BCUT2D eigenvalue weighted by atomic mass is 35.5. The fourth-order valence-electron chi connectivity index (χ4n) is 2.01. The van der Waals surface area contributed by atoms with Crippen LogP contribution in [0.4, 0.5) is 0 Å². The predicted molar refractivity (Wildman–Crippen MR) is 72.4 cm³/mol. The lowest BCUT2D eigenvalue weighted by molar-refractivity contribution is 0.401. The summed E-state index contributed by atoms with van der Waals surface area (Å²) < 4.78 is 0. The molecule has 1 saturated carbocycles. The first-order valence-electron chi connectivity index (χ1n) is 5.84. The third-order valence-corrected chi connectivity index (χ3v) is 3.38. The number of hydrogen-bond donors (Lipinski definition) is 3. The molecule has 0 bridgehead atoms. The average Bonchev–Trinajstić information content (AvgIpc) is 3.12. The summed E-state index contributed by atoms with van der Waals surface area (Å²) in [5.41, 5.74) is 12.9. The van der Waals surface area contributed by atoms with Gasteiger partial charge in [0.25, 0.3) is 0 Å². The van der Waals surface area contributed by atoms with E-state index in [1.807, 2.05) is 12.1 Å². The van der Waals surface area contributed by atoms with Gasteiger partial charge in [0.1, 0.15) is 5.84 Å². The molecule has 1 aliphatic carbocycles. The lowest BCUT2D eigenvalue weighted by atomic mass is 10.1.